The number of hydrogen-bond donors (Lipinski definition) is 1. The Hall–Kier alpha value is -2.41. The van der Waals surface area contributed by atoms with Gasteiger partial charge in [-0.15, -0.1) is 0 Å². The Morgan fingerprint density at radius 2 is 2.00 bits per heavy atom. The first kappa shape index (κ1) is 16.0. The van der Waals surface area contributed by atoms with Crippen molar-refractivity contribution in [2.75, 3.05) is 32.9 Å². The van der Waals surface area contributed by atoms with Crippen LogP contribution in [-0.2, 0) is 14.3 Å². The van der Waals surface area contributed by atoms with Crippen molar-refractivity contribution in [3.63, 3.8) is 0 Å². The zero-order chi connectivity index (χ0) is 15.8. The molecule has 1 aromatic carbocycles. The van der Waals surface area contributed by atoms with Gasteiger partial charge in [0.05, 0.1) is 19.4 Å². The summed E-state index contributed by atoms with van der Waals surface area (Å²) in [7, 11) is 0. The largest absolute Gasteiger partial charge is 0.484 e. The molecule has 0 atom stereocenters. The average molecular weight is 305 g/mol. The second kappa shape index (κ2) is 8.14. The van der Waals surface area contributed by atoms with Crippen molar-refractivity contribution in [3.05, 3.63) is 29.8 Å². The molecule has 0 radical (unpaired) electrons. The van der Waals surface area contributed by atoms with Crippen LogP contribution in [-0.4, -0.2) is 55.8 Å². The zero-order valence-electron chi connectivity index (χ0n) is 12.4. The highest BCUT2D eigenvalue weighted by atomic mass is 16.5. The highest BCUT2D eigenvalue weighted by molar-refractivity contribution is 5.82. The first-order valence-electron chi connectivity index (χ1n) is 7.03. The maximum absolute atomic E-state index is 11.9. The summed E-state index contributed by atoms with van der Waals surface area (Å²) in [4.78, 5) is 24.3. The topological polar surface area (TPSA) is 80.2 Å². The van der Waals surface area contributed by atoms with E-state index in [4.69, 9.17) is 9.47 Å². The Kier molecular flexibility index (Phi) is 5.91. The van der Waals surface area contributed by atoms with Crippen molar-refractivity contribution < 1.29 is 19.1 Å². The van der Waals surface area contributed by atoms with Crippen molar-refractivity contribution in [1.82, 2.24) is 10.3 Å². The molecule has 0 unspecified atom stereocenters. The van der Waals surface area contributed by atoms with E-state index in [-0.39, 0.29) is 18.4 Å². The number of benzene rings is 1. The van der Waals surface area contributed by atoms with Crippen LogP contribution in [0.25, 0.3) is 0 Å². The Labute approximate surface area is 128 Å². The van der Waals surface area contributed by atoms with E-state index in [0.29, 0.717) is 32.1 Å². The van der Waals surface area contributed by atoms with E-state index in [1.54, 1.807) is 29.2 Å². The molecule has 1 aliphatic rings. The number of carbonyl (C=O) groups excluding carboxylic acids is 2. The third-order valence-electron chi connectivity index (χ3n) is 3.04. The SMILES string of the molecule is CC(=O)N/N=C/c1ccc(OCC(=O)N2CCOCC2)cc1. The molecule has 118 valence electrons. The summed E-state index contributed by atoms with van der Waals surface area (Å²) in [6.07, 6.45) is 1.53. The maximum Gasteiger partial charge on any atom is 0.260 e. The lowest BCUT2D eigenvalue weighted by molar-refractivity contribution is -0.137. The maximum atomic E-state index is 11.9. The second-order valence-electron chi connectivity index (χ2n) is 4.78. The number of hydrogen-bond acceptors (Lipinski definition) is 5. The molecule has 2 rings (SSSR count). The van der Waals surface area contributed by atoms with Gasteiger partial charge in [0.25, 0.3) is 5.91 Å². The fourth-order valence-corrected chi connectivity index (χ4v) is 1.90. The molecule has 1 heterocycles. The molecule has 1 N–H and O–H groups in total. The van der Waals surface area contributed by atoms with Crippen LogP contribution in [0.4, 0.5) is 0 Å². The second-order valence-corrected chi connectivity index (χ2v) is 4.78. The predicted octanol–water partition coefficient (Wildman–Crippen LogP) is 0.394. The summed E-state index contributed by atoms with van der Waals surface area (Å²) in [5, 5.41) is 3.77. The number of nitrogens with zero attached hydrogens (tertiary/aromatic N) is 2. The Bertz CT molecular complexity index is 536. The van der Waals surface area contributed by atoms with E-state index in [1.807, 2.05) is 0 Å². The van der Waals surface area contributed by atoms with Crippen LogP contribution in [0.2, 0.25) is 0 Å². The first-order valence-corrected chi connectivity index (χ1v) is 7.03. The van der Waals surface area contributed by atoms with Gasteiger partial charge in [0.1, 0.15) is 5.75 Å². The minimum absolute atomic E-state index is 0.0132. The lowest BCUT2D eigenvalue weighted by atomic mass is 10.2. The van der Waals surface area contributed by atoms with E-state index < -0.39 is 0 Å². The monoisotopic (exact) mass is 305 g/mol. The van der Waals surface area contributed by atoms with Gasteiger partial charge in [-0.2, -0.15) is 5.10 Å². The number of carbonyl (C=O) groups is 2. The van der Waals surface area contributed by atoms with Gasteiger partial charge in [-0.25, -0.2) is 5.43 Å². The van der Waals surface area contributed by atoms with E-state index in [2.05, 4.69) is 10.5 Å². The molecule has 1 aromatic rings. The molecule has 1 aliphatic heterocycles. The number of morpholine rings is 1. The fraction of sp³-hybridized carbons (Fsp3) is 0.400. The molecule has 0 aliphatic carbocycles. The van der Waals surface area contributed by atoms with E-state index in [1.165, 1.54) is 13.1 Å². The van der Waals surface area contributed by atoms with Gasteiger partial charge >= 0.3 is 0 Å². The average Bonchev–Trinajstić information content (AvgIpc) is 2.54. The molecule has 7 heteroatoms. The summed E-state index contributed by atoms with van der Waals surface area (Å²) in [5.41, 5.74) is 3.14. The van der Waals surface area contributed by atoms with Crippen LogP contribution in [0.1, 0.15) is 12.5 Å². The summed E-state index contributed by atoms with van der Waals surface area (Å²) in [6, 6.07) is 7.09. The highest BCUT2D eigenvalue weighted by Gasteiger charge is 2.16. The number of hydrazone groups is 1. The van der Waals surface area contributed by atoms with E-state index in [9.17, 15) is 9.59 Å². The molecular formula is C15H19N3O4. The van der Waals surface area contributed by atoms with Gasteiger partial charge in [0, 0.05) is 20.0 Å². The van der Waals surface area contributed by atoms with Crippen molar-refractivity contribution >= 4 is 18.0 Å². The third-order valence-corrected chi connectivity index (χ3v) is 3.04. The van der Waals surface area contributed by atoms with Crippen LogP contribution in [0.15, 0.2) is 29.4 Å². The summed E-state index contributed by atoms with van der Waals surface area (Å²) < 4.78 is 10.7. The van der Waals surface area contributed by atoms with E-state index in [0.717, 1.165) is 5.56 Å². The van der Waals surface area contributed by atoms with Gasteiger partial charge in [0.15, 0.2) is 6.61 Å². The Balaban J connectivity index is 1.79. The number of rotatable bonds is 5. The molecule has 0 bridgehead atoms. The summed E-state index contributed by atoms with van der Waals surface area (Å²) in [5.74, 6) is 0.343. The Morgan fingerprint density at radius 3 is 2.64 bits per heavy atom. The quantitative estimate of drug-likeness (QED) is 0.630. The lowest BCUT2D eigenvalue weighted by Crippen LogP contribution is -2.42. The van der Waals surface area contributed by atoms with Gasteiger partial charge in [0.2, 0.25) is 5.91 Å². The fourth-order valence-electron chi connectivity index (χ4n) is 1.90. The Morgan fingerprint density at radius 1 is 1.32 bits per heavy atom. The standard InChI is InChI=1S/C15H19N3O4/c1-12(19)17-16-10-13-2-4-14(5-3-13)22-11-15(20)18-6-8-21-9-7-18/h2-5,10H,6-9,11H2,1H3,(H,17,19)/b16-10+. The molecule has 22 heavy (non-hydrogen) atoms. The molecular weight excluding hydrogens is 286 g/mol. The summed E-state index contributed by atoms with van der Waals surface area (Å²) in [6.45, 7) is 3.78. The number of ether oxygens (including phenoxy) is 2. The van der Waals surface area contributed by atoms with Crippen molar-refractivity contribution in [2.24, 2.45) is 5.10 Å². The minimum atomic E-state index is -0.224. The predicted molar refractivity (Wildman–Crippen MR) is 80.7 cm³/mol. The smallest absolute Gasteiger partial charge is 0.260 e. The molecule has 0 aromatic heterocycles. The zero-order valence-corrected chi connectivity index (χ0v) is 12.4. The molecule has 7 nitrogen and oxygen atoms in total. The third kappa shape index (κ3) is 5.17. The van der Waals surface area contributed by atoms with E-state index >= 15 is 0 Å². The van der Waals surface area contributed by atoms with Crippen LogP contribution in [0.5, 0.6) is 5.75 Å². The number of amides is 2. The van der Waals surface area contributed by atoms with Crippen molar-refractivity contribution in [2.45, 2.75) is 6.92 Å². The molecule has 1 fully saturated rings. The van der Waals surface area contributed by atoms with Gasteiger partial charge in [-0.05, 0) is 29.8 Å². The highest BCUT2D eigenvalue weighted by Crippen LogP contribution is 2.11. The minimum Gasteiger partial charge on any atom is -0.484 e. The van der Waals surface area contributed by atoms with Crippen LogP contribution >= 0.6 is 0 Å². The van der Waals surface area contributed by atoms with Crippen LogP contribution in [0, 0.1) is 0 Å². The molecule has 1 saturated heterocycles. The summed E-state index contributed by atoms with van der Waals surface area (Å²) >= 11 is 0. The van der Waals surface area contributed by atoms with Gasteiger partial charge in [-0.1, -0.05) is 0 Å². The van der Waals surface area contributed by atoms with Crippen molar-refractivity contribution in [3.8, 4) is 5.75 Å². The van der Waals surface area contributed by atoms with Gasteiger partial charge < -0.3 is 14.4 Å². The molecule has 2 amide bonds. The van der Waals surface area contributed by atoms with Crippen LogP contribution in [0.3, 0.4) is 0 Å². The number of nitrogens with one attached hydrogen (secondary N) is 1. The van der Waals surface area contributed by atoms with Crippen LogP contribution < -0.4 is 10.2 Å². The molecule has 0 spiro atoms. The van der Waals surface area contributed by atoms with Gasteiger partial charge in [-0.3, -0.25) is 9.59 Å². The van der Waals surface area contributed by atoms with Crippen molar-refractivity contribution in [1.29, 1.82) is 0 Å². The normalized spacial score (nSPS) is 14.9. The molecule has 0 saturated carbocycles. The lowest BCUT2D eigenvalue weighted by Gasteiger charge is -2.26. The first-order chi connectivity index (χ1) is 10.6.